The second kappa shape index (κ2) is 4.29. The number of nitrogens with zero attached hydrogens (tertiary/aromatic N) is 1. The minimum atomic E-state index is 0.422. The summed E-state index contributed by atoms with van der Waals surface area (Å²) in [5.74, 6) is 0.679. The van der Waals surface area contributed by atoms with Gasteiger partial charge in [-0.05, 0) is 13.8 Å². The molecule has 0 spiro atoms. The van der Waals surface area contributed by atoms with Crippen molar-refractivity contribution in [1.82, 2.24) is 4.90 Å². The lowest BCUT2D eigenvalue weighted by Crippen LogP contribution is -2.49. The average molecular weight is 178 g/mol. The Balaban J connectivity index is 2.44. The van der Waals surface area contributed by atoms with E-state index < -0.39 is 0 Å². The molecule has 1 aliphatic rings. The van der Waals surface area contributed by atoms with E-state index in [4.69, 9.17) is 16.3 Å². The molecule has 0 aromatic heterocycles. The fourth-order valence-corrected chi connectivity index (χ4v) is 1.75. The lowest BCUT2D eigenvalue weighted by molar-refractivity contribution is -0.0136. The van der Waals surface area contributed by atoms with Crippen LogP contribution in [0.15, 0.2) is 0 Å². The zero-order chi connectivity index (χ0) is 8.27. The quantitative estimate of drug-likeness (QED) is 0.591. The van der Waals surface area contributed by atoms with Crippen molar-refractivity contribution < 1.29 is 4.74 Å². The molecule has 1 heterocycles. The average Bonchev–Trinajstić information content (AvgIpc) is 2.04. The zero-order valence-corrected chi connectivity index (χ0v) is 7.97. The van der Waals surface area contributed by atoms with Gasteiger partial charge in [0.05, 0.1) is 13.2 Å². The summed E-state index contributed by atoms with van der Waals surface area (Å²) in [6.45, 7) is 7.07. The molecule has 3 heteroatoms. The lowest BCUT2D eigenvalue weighted by Gasteiger charge is -2.37. The molecule has 0 aromatic rings. The van der Waals surface area contributed by atoms with Crippen molar-refractivity contribution in [1.29, 1.82) is 0 Å². The third kappa shape index (κ3) is 2.32. The molecule has 66 valence electrons. The normalized spacial score (nSPS) is 27.8. The molecule has 0 saturated carbocycles. The van der Waals surface area contributed by atoms with E-state index >= 15 is 0 Å². The fraction of sp³-hybridized carbons (Fsp3) is 1.00. The largest absolute Gasteiger partial charge is 0.378 e. The highest BCUT2D eigenvalue weighted by atomic mass is 35.5. The van der Waals surface area contributed by atoms with Crippen molar-refractivity contribution in [3.8, 4) is 0 Å². The van der Waals surface area contributed by atoms with Gasteiger partial charge in [-0.1, -0.05) is 0 Å². The van der Waals surface area contributed by atoms with Crippen LogP contribution in [0.4, 0.5) is 0 Å². The molecule has 2 nitrogen and oxygen atoms in total. The molecule has 1 rings (SSSR count). The SMILES string of the molecule is CC(C)N1CCOCC1CCl. The molecule has 1 atom stereocenters. The van der Waals surface area contributed by atoms with Crippen LogP contribution in [0, 0.1) is 0 Å². The highest BCUT2D eigenvalue weighted by Gasteiger charge is 2.23. The Labute approximate surface area is 73.5 Å². The Morgan fingerprint density at radius 3 is 2.82 bits per heavy atom. The van der Waals surface area contributed by atoms with Crippen molar-refractivity contribution in [2.75, 3.05) is 25.6 Å². The van der Waals surface area contributed by atoms with Gasteiger partial charge in [0.2, 0.25) is 0 Å². The Hall–Kier alpha value is 0.210. The fourth-order valence-electron chi connectivity index (χ4n) is 1.48. The Bertz CT molecular complexity index is 119. The van der Waals surface area contributed by atoms with Crippen LogP contribution in [0.2, 0.25) is 0 Å². The van der Waals surface area contributed by atoms with Gasteiger partial charge in [0.1, 0.15) is 0 Å². The van der Waals surface area contributed by atoms with Crippen molar-refractivity contribution in [3.05, 3.63) is 0 Å². The van der Waals surface area contributed by atoms with Crippen molar-refractivity contribution >= 4 is 11.6 Å². The first-order chi connectivity index (χ1) is 5.25. The van der Waals surface area contributed by atoms with Crippen LogP contribution in [0.5, 0.6) is 0 Å². The topological polar surface area (TPSA) is 12.5 Å². The van der Waals surface area contributed by atoms with E-state index in [1.54, 1.807) is 0 Å². The highest BCUT2D eigenvalue weighted by Crippen LogP contribution is 2.11. The number of morpholine rings is 1. The van der Waals surface area contributed by atoms with E-state index in [0.29, 0.717) is 18.0 Å². The van der Waals surface area contributed by atoms with Gasteiger partial charge in [0, 0.05) is 24.5 Å². The summed E-state index contributed by atoms with van der Waals surface area (Å²) in [6, 6.07) is 1.01. The van der Waals surface area contributed by atoms with E-state index in [-0.39, 0.29) is 0 Å². The summed E-state index contributed by atoms with van der Waals surface area (Å²) >= 11 is 5.80. The van der Waals surface area contributed by atoms with Crippen LogP contribution in [0.1, 0.15) is 13.8 Å². The van der Waals surface area contributed by atoms with Crippen LogP contribution in [0.3, 0.4) is 0 Å². The molecule has 0 aromatic carbocycles. The number of hydrogen-bond acceptors (Lipinski definition) is 2. The van der Waals surface area contributed by atoms with Gasteiger partial charge in [-0.15, -0.1) is 11.6 Å². The van der Waals surface area contributed by atoms with Crippen molar-refractivity contribution in [2.24, 2.45) is 0 Å². The first kappa shape index (κ1) is 9.30. The third-order valence-electron chi connectivity index (χ3n) is 2.11. The number of halogens is 1. The van der Waals surface area contributed by atoms with E-state index in [2.05, 4.69) is 18.7 Å². The first-order valence-corrected chi connectivity index (χ1v) is 4.68. The predicted molar refractivity (Wildman–Crippen MR) is 47.2 cm³/mol. The van der Waals surface area contributed by atoms with Crippen LogP contribution >= 0.6 is 11.6 Å². The van der Waals surface area contributed by atoms with Gasteiger partial charge in [-0.25, -0.2) is 0 Å². The summed E-state index contributed by atoms with van der Waals surface area (Å²) in [7, 11) is 0. The van der Waals surface area contributed by atoms with Gasteiger partial charge < -0.3 is 4.74 Å². The number of rotatable bonds is 2. The molecule has 1 fully saturated rings. The van der Waals surface area contributed by atoms with Crippen LogP contribution < -0.4 is 0 Å². The van der Waals surface area contributed by atoms with Gasteiger partial charge in [0.15, 0.2) is 0 Å². The molecule has 1 unspecified atom stereocenters. The van der Waals surface area contributed by atoms with E-state index in [1.807, 2.05) is 0 Å². The second-order valence-electron chi connectivity index (χ2n) is 3.21. The maximum absolute atomic E-state index is 5.80. The Morgan fingerprint density at radius 2 is 2.36 bits per heavy atom. The van der Waals surface area contributed by atoms with Crippen molar-refractivity contribution in [3.63, 3.8) is 0 Å². The molecule has 0 amide bonds. The molecule has 0 bridgehead atoms. The maximum atomic E-state index is 5.80. The summed E-state index contributed by atoms with van der Waals surface area (Å²) < 4.78 is 5.33. The van der Waals surface area contributed by atoms with E-state index in [9.17, 15) is 0 Å². The van der Waals surface area contributed by atoms with E-state index in [1.165, 1.54) is 0 Å². The Kier molecular flexibility index (Phi) is 3.63. The van der Waals surface area contributed by atoms with E-state index in [0.717, 1.165) is 19.8 Å². The van der Waals surface area contributed by atoms with Gasteiger partial charge >= 0.3 is 0 Å². The molecule has 0 N–H and O–H groups in total. The summed E-state index contributed by atoms with van der Waals surface area (Å²) in [4.78, 5) is 2.40. The second-order valence-corrected chi connectivity index (χ2v) is 3.52. The lowest BCUT2D eigenvalue weighted by atomic mass is 10.2. The van der Waals surface area contributed by atoms with Crippen molar-refractivity contribution in [2.45, 2.75) is 25.9 Å². The molecule has 11 heavy (non-hydrogen) atoms. The third-order valence-corrected chi connectivity index (χ3v) is 2.47. The minimum absolute atomic E-state index is 0.422. The molecular weight excluding hydrogens is 162 g/mol. The standard InChI is InChI=1S/C8H16ClNO/c1-7(2)10-3-4-11-6-8(10)5-9/h7-8H,3-6H2,1-2H3. The molecular formula is C8H16ClNO. The van der Waals surface area contributed by atoms with Crippen LogP contribution in [-0.2, 0) is 4.74 Å². The Morgan fingerprint density at radius 1 is 1.64 bits per heavy atom. The van der Waals surface area contributed by atoms with Gasteiger partial charge in [-0.2, -0.15) is 0 Å². The molecule has 0 radical (unpaired) electrons. The summed E-state index contributed by atoms with van der Waals surface area (Å²) in [5.41, 5.74) is 0. The molecule has 1 aliphatic heterocycles. The minimum Gasteiger partial charge on any atom is -0.378 e. The van der Waals surface area contributed by atoms with Crippen LogP contribution in [-0.4, -0.2) is 42.6 Å². The highest BCUT2D eigenvalue weighted by molar-refractivity contribution is 6.18. The van der Waals surface area contributed by atoms with Crippen LogP contribution in [0.25, 0.3) is 0 Å². The summed E-state index contributed by atoms with van der Waals surface area (Å²) in [6.07, 6.45) is 0. The smallest absolute Gasteiger partial charge is 0.0634 e. The predicted octanol–water partition coefficient (Wildman–Crippen LogP) is 1.33. The number of ether oxygens (including phenoxy) is 1. The number of hydrogen-bond donors (Lipinski definition) is 0. The zero-order valence-electron chi connectivity index (χ0n) is 7.22. The maximum Gasteiger partial charge on any atom is 0.0634 e. The first-order valence-electron chi connectivity index (χ1n) is 4.15. The monoisotopic (exact) mass is 177 g/mol. The molecule has 0 aliphatic carbocycles. The molecule has 1 saturated heterocycles. The summed E-state index contributed by atoms with van der Waals surface area (Å²) in [5, 5.41) is 0. The van der Waals surface area contributed by atoms with Gasteiger partial charge in [-0.3, -0.25) is 4.90 Å². The number of alkyl halides is 1. The van der Waals surface area contributed by atoms with Gasteiger partial charge in [0.25, 0.3) is 0 Å².